The second kappa shape index (κ2) is 4.87. The number of benzene rings is 2. The van der Waals surface area contributed by atoms with Crippen molar-refractivity contribution in [2.75, 3.05) is 5.32 Å². The summed E-state index contributed by atoms with van der Waals surface area (Å²) in [6.07, 6.45) is 0. The van der Waals surface area contributed by atoms with Crippen LogP contribution in [0.4, 0.5) is 10.1 Å². The zero-order chi connectivity index (χ0) is 13.1. The van der Waals surface area contributed by atoms with Gasteiger partial charge in [0.05, 0.1) is 5.69 Å². The van der Waals surface area contributed by atoms with Crippen molar-refractivity contribution in [1.82, 2.24) is 0 Å². The molecule has 0 spiro atoms. The minimum atomic E-state index is -0.470. The molecule has 0 heterocycles. The van der Waals surface area contributed by atoms with Gasteiger partial charge in [0, 0.05) is 5.56 Å². The van der Waals surface area contributed by atoms with E-state index in [-0.39, 0.29) is 11.4 Å². The summed E-state index contributed by atoms with van der Waals surface area (Å²) >= 11 is 0. The fourth-order valence-corrected chi connectivity index (χ4v) is 1.59. The average Bonchev–Trinajstić information content (AvgIpc) is 2.34. The number of nitrogens with one attached hydrogen (secondary N) is 1. The Kier molecular flexibility index (Phi) is 3.28. The highest BCUT2D eigenvalue weighted by Gasteiger charge is 2.11. The topological polar surface area (TPSA) is 49.3 Å². The lowest BCUT2D eigenvalue weighted by Crippen LogP contribution is -2.13. The number of aryl methyl sites for hydroxylation is 1. The van der Waals surface area contributed by atoms with E-state index in [1.165, 1.54) is 30.3 Å². The molecule has 0 saturated carbocycles. The number of carbonyl (C=O) groups is 1. The highest BCUT2D eigenvalue weighted by Crippen LogP contribution is 2.20. The van der Waals surface area contributed by atoms with E-state index in [2.05, 4.69) is 5.32 Å². The van der Waals surface area contributed by atoms with Crippen molar-refractivity contribution in [1.29, 1.82) is 0 Å². The minimum absolute atomic E-state index is 0.0774. The first-order chi connectivity index (χ1) is 8.58. The Hall–Kier alpha value is -2.36. The number of rotatable bonds is 2. The van der Waals surface area contributed by atoms with E-state index < -0.39 is 11.7 Å². The predicted octanol–water partition coefficient (Wildman–Crippen LogP) is 3.09. The summed E-state index contributed by atoms with van der Waals surface area (Å²) in [6.45, 7) is 1.72. The molecule has 0 unspecified atom stereocenters. The van der Waals surface area contributed by atoms with E-state index >= 15 is 0 Å². The smallest absolute Gasteiger partial charge is 0.255 e. The summed E-state index contributed by atoms with van der Waals surface area (Å²) in [7, 11) is 0. The number of aromatic hydroxyl groups is 1. The summed E-state index contributed by atoms with van der Waals surface area (Å²) < 4.78 is 13.5. The molecule has 3 nitrogen and oxygen atoms in total. The molecule has 1 amide bonds. The predicted molar refractivity (Wildman–Crippen MR) is 67.2 cm³/mol. The van der Waals surface area contributed by atoms with Gasteiger partial charge in [-0.15, -0.1) is 0 Å². The van der Waals surface area contributed by atoms with Crippen molar-refractivity contribution < 1.29 is 14.3 Å². The molecule has 2 aromatic rings. The van der Waals surface area contributed by atoms with Crippen LogP contribution in [0.1, 0.15) is 15.9 Å². The van der Waals surface area contributed by atoms with Crippen LogP contribution in [0.15, 0.2) is 42.5 Å². The van der Waals surface area contributed by atoms with E-state index in [0.717, 1.165) is 0 Å². The molecule has 0 aromatic heterocycles. The Morgan fingerprint density at radius 1 is 1.17 bits per heavy atom. The van der Waals surface area contributed by atoms with Gasteiger partial charge in [-0.3, -0.25) is 4.79 Å². The van der Waals surface area contributed by atoms with Gasteiger partial charge in [0.15, 0.2) is 0 Å². The first kappa shape index (κ1) is 12.1. The molecule has 0 fully saturated rings. The van der Waals surface area contributed by atoms with Gasteiger partial charge >= 0.3 is 0 Å². The molecule has 0 aliphatic carbocycles. The number of phenolic OH excluding ortho intramolecular Hbond substituents is 1. The molecular formula is C14H12FNO2. The number of halogens is 1. The number of carbonyl (C=O) groups excluding carboxylic acids is 1. The average molecular weight is 245 g/mol. The van der Waals surface area contributed by atoms with Gasteiger partial charge < -0.3 is 10.4 Å². The second-order valence-corrected chi connectivity index (χ2v) is 3.93. The normalized spacial score (nSPS) is 10.1. The van der Waals surface area contributed by atoms with E-state index in [1.54, 1.807) is 19.1 Å². The van der Waals surface area contributed by atoms with E-state index in [0.29, 0.717) is 11.1 Å². The van der Waals surface area contributed by atoms with Crippen molar-refractivity contribution in [2.45, 2.75) is 6.92 Å². The lowest BCUT2D eigenvalue weighted by molar-refractivity contribution is 0.102. The maximum absolute atomic E-state index is 13.5. The van der Waals surface area contributed by atoms with Crippen LogP contribution in [0.5, 0.6) is 5.75 Å². The number of hydrogen-bond donors (Lipinski definition) is 2. The summed E-state index contributed by atoms with van der Waals surface area (Å²) in [6, 6.07) is 10.4. The number of para-hydroxylation sites is 1. The van der Waals surface area contributed by atoms with Crippen molar-refractivity contribution in [3.63, 3.8) is 0 Å². The van der Waals surface area contributed by atoms with E-state index in [4.69, 9.17) is 5.11 Å². The minimum Gasteiger partial charge on any atom is -0.508 e. The zero-order valence-electron chi connectivity index (χ0n) is 9.77. The monoisotopic (exact) mass is 245 g/mol. The van der Waals surface area contributed by atoms with Gasteiger partial charge in [-0.25, -0.2) is 4.39 Å². The highest BCUT2D eigenvalue weighted by molar-refractivity contribution is 6.04. The van der Waals surface area contributed by atoms with E-state index in [9.17, 15) is 9.18 Å². The largest absolute Gasteiger partial charge is 0.508 e. The first-order valence-electron chi connectivity index (χ1n) is 5.43. The molecule has 2 N–H and O–H groups in total. The van der Waals surface area contributed by atoms with Crippen molar-refractivity contribution >= 4 is 11.6 Å². The van der Waals surface area contributed by atoms with Gasteiger partial charge in [-0.05, 0) is 42.8 Å². The second-order valence-electron chi connectivity index (χ2n) is 3.93. The lowest BCUT2D eigenvalue weighted by atomic mass is 10.1. The highest BCUT2D eigenvalue weighted by atomic mass is 19.1. The van der Waals surface area contributed by atoms with Crippen molar-refractivity contribution in [3.05, 3.63) is 59.4 Å². The zero-order valence-corrected chi connectivity index (χ0v) is 9.77. The molecule has 0 atom stereocenters. The van der Waals surface area contributed by atoms with Crippen LogP contribution in [-0.4, -0.2) is 11.0 Å². The van der Waals surface area contributed by atoms with Gasteiger partial charge in [-0.1, -0.05) is 12.1 Å². The Balaban J connectivity index is 2.24. The Bertz CT molecular complexity index is 559. The Morgan fingerprint density at radius 3 is 2.44 bits per heavy atom. The maximum atomic E-state index is 13.5. The summed E-state index contributed by atoms with van der Waals surface area (Å²) in [5.41, 5.74) is 1.19. The molecule has 2 aromatic carbocycles. The van der Waals surface area contributed by atoms with Crippen LogP contribution in [0.3, 0.4) is 0 Å². The number of amides is 1. The molecule has 18 heavy (non-hydrogen) atoms. The van der Waals surface area contributed by atoms with Crippen LogP contribution in [-0.2, 0) is 0 Å². The van der Waals surface area contributed by atoms with Gasteiger partial charge in [-0.2, -0.15) is 0 Å². The fourth-order valence-electron chi connectivity index (χ4n) is 1.59. The van der Waals surface area contributed by atoms with Crippen LogP contribution in [0.25, 0.3) is 0 Å². The lowest BCUT2D eigenvalue weighted by Gasteiger charge is -2.09. The van der Waals surface area contributed by atoms with Gasteiger partial charge in [0.2, 0.25) is 0 Å². The molecule has 0 aliphatic rings. The molecule has 0 bridgehead atoms. The molecule has 0 radical (unpaired) electrons. The van der Waals surface area contributed by atoms with Crippen LogP contribution >= 0.6 is 0 Å². The number of phenols is 1. The third-order valence-corrected chi connectivity index (χ3v) is 2.59. The Morgan fingerprint density at radius 2 is 1.83 bits per heavy atom. The first-order valence-corrected chi connectivity index (χ1v) is 5.43. The number of anilines is 1. The number of hydrogen-bond acceptors (Lipinski definition) is 2. The van der Waals surface area contributed by atoms with Crippen LogP contribution in [0, 0.1) is 12.7 Å². The molecule has 2 rings (SSSR count). The van der Waals surface area contributed by atoms with Crippen molar-refractivity contribution in [3.8, 4) is 5.75 Å². The maximum Gasteiger partial charge on any atom is 0.255 e. The Labute approximate surface area is 104 Å². The molecule has 4 heteroatoms. The summed E-state index contributed by atoms with van der Waals surface area (Å²) in [4.78, 5) is 11.9. The van der Waals surface area contributed by atoms with Crippen LogP contribution in [0.2, 0.25) is 0 Å². The van der Waals surface area contributed by atoms with E-state index in [1.807, 2.05) is 0 Å². The molecule has 0 aliphatic heterocycles. The van der Waals surface area contributed by atoms with Gasteiger partial charge in [0.25, 0.3) is 5.91 Å². The third-order valence-electron chi connectivity index (χ3n) is 2.59. The third kappa shape index (κ3) is 2.48. The molecule has 0 saturated heterocycles. The molecule has 92 valence electrons. The van der Waals surface area contributed by atoms with Crippen LogP contribution < -0.4 is 5.32 Å². The standard InChI is InChI=1S/C14H12FNO2/c1-9-3-2-4-12(15)13(9)16-14(18)10-5-7-11(17)8-6-10/h2-8,17H,1H3,(H,16,18). The fraction of sp³-hybridized carbons (Fsp3) is 0.0714. The quantitative estimate of drug-likeness (QED) is 0.854. The van der Waals surface area contributed by atoms with Crippen molar-refractivity contribution in [2.24, 2.45) is 0 Å². The summed E-state index contributed by atoms with van der Waals surface area (Å²) in [5.74, 6) is -0.807. The molecular weight excluding hydrogens is 233 g/mol. The van der Waals surface area contributed by atoms with Gasteiger partial charge in [0.1, 0.15) is 11.6 Å². The summed E-state index contributed by atoms with van der Waals surface area (Å²) in [5, 5.41) is 11.6. The SMILES string of the molecule is Cc1cccc(F)c1NC(=O)c1ccc(O)cc1.